The topological polar surface area (TPSA) is 55.8 Å². The van der Waals surface area contributed by atoms with Gasteiger partial charge in [-0.2, -0.15) is 0 Å². The molecule has 0 aliphatic rings. The van der Waals surface area contributed by atoms with Crippen LogP contribution in [0, 0.1) is 0 Å². The number of ether oxygens (including phenoxy) is 2. The fourth-order valence-electron chi connectivity index (χ4n) is 4.71. The minimum absolute atomic E-state index is 0.172. The van der Waals surface area contributed by atoms with Gasteiger partial charge in [0, 0.05) is 13.0 Å². The van der Waals surface area contributed by atoms with E-state index in [4.69, 9.17) is 9.47 Å². The van der Waals surface area contributed by atoms with Gasteiger partial charge in [-0.15, -0.1) is 0 Å². The van der Waals surface area contributed by atoms with Crippen molar-refractivity contribution in [2.45, 2.75) is 174 Å². The SMILES string of the molecule is CCCCCC/C=C\C/C=C\CCCCCCCCCC(=O)OC(CO)COCCCCCCCCCCC. The fraction of sp³-hybridized carbons (Fsp3) is 0.857. The standard InChI is InChI=1S/C35H66O4/c1-3-5-7-9-11-13-14-15-16-17-18-19-20-21-22-24-26-28-30-35(37)39-34(32-36)33-38-31-29-27-25-23-12-10-8-6-4-2/h13-14,16-17,34,36H,3-12,15,18-33H2,1-2H3/b14-13-,17-16-. The van der Waals surface area contributed by atoms with Crippen molar-refractivity contribution in [3.8, 4) is 0 Å². The summed E-state index contributed by atoms with van der Waals surface area (Å²) in [6.45, 7) is 5.31. The average Bonchev–Trinajstić information content (AvgIpc) is 2.94. The molecule has 0 aliphatic carbocycles. The molecule has 4 nitrogen and oxygen atoms in total. The zero-order valence-electron chi connectivity index (χ0n) is 26.2. The van der Waals surface area contributed by atoms with E-state index in [1.54, 1.807) is 0 Å². The van der Waals surface area contributed by atoms with Crippen molar-refractivity contribution in [2.24, 2.45) is 0 Å². The van der Waals surface area contributed by atoms with Gasteiger partial charge in [-0.1, -0.05) is 141 Å². The van der Waals surface area contributed by atoms with Gasteiger partial charge in [0.1, 0.15) is 6.10 Å². The molecular weight excluding hydrogens is 484 g/mol. The lowest BCUT2D eigenvalue weighted by Gasteiger charge is -2.16. The molecule has 0 aromatic rings. The second kappa shape index (κ2) is 33.1. The Morgan fingerprint density at radius 1 is 0.615 bits per heavy atom. The maximum atomic E-state index is 12.1. The van der Waals surface area contributed by atoms with E-state index in [9.17, 15) is 9.90 Å². The second-order valence-corrected chi connectivity index (χ2v) is 11.2. The zero-order valence-corrected chi connectivity index (χ0v) is 26.2. The van der Waals surface area contributed by atoms with Crippen molar-refractivity contribution in [1.29, 1.82) is 0 Å². The van der Waals surface area contributed by atoms with Crippen LogP contribution in [0.3, 0.4) is 0 Å². The van der Waals surface area contributed by atoms with Gasteiger partial charge in [-0.25, -0.2) is 0 Å². The summed E-state index contributed by atoms with van der Waals surface area (Å²) in [4.78, 5) is 12.1. The first-order valence-corrected chi connectivity index (χ1v) is 16.9. The molecule has 0 fully saturated rings. The largest absolute Gasteiger partial charge is 0.457 e. The van der Waals surface area contributed by atoms with E-state index in [0.717, 1.165) is 25.7 Å². The monoisotopic (exact) mass is 550 g/mol. The summed E-state index contributed by atoms with van der Waals surface area (Å²) in [6.07, 6.45) is 37.8. The lowest BCUT2D eigenvalue weighted by Crippen LogP contribution is -2.27. The highest BCUT2D eigenvalue weighted by Gasteiger charge is 2.13. The molecule has 1 unspecified atom stereocenters. The molecule has 0 spiro atoms. The number of hydrogen-bond donors (Lipinski definition) is 1. The van der Waals surface area contributed by atoms with Gasteiger partial charge in [-0.05, 0) is 44.9 Å². The normalized spacial score (nSPS) is 12.6. The summed E-state index contributed by atoms with van der Waals surface area (Å²) in [5, 5.41) is 9.50. The van der Waals surface area contributed by atoms with Crippen LogP contribution >= 0.6 is 0 Å². The van der Waals surface area contributed by atoms with Gasteiger partial charge < -0.3 is 14.6 Å². The molecule has 0 amide bonds. The fourth-order valence-corrected chi connectivity index (χ4v) is 4.71. The summed E-state index contributed by atoms with van der Waals surface area (Å²) in [5.41, 5.74) is 0. The molecular formula is C35H66O4. The highest BCUT2D eigenvalue weighted by Crippen LogP contribution is 2.12. The van der Waals surface area contributed by atoms with Crippen LogP contribution in [0.2, 0.25) is 0 Å². The first-order chi connectivity index (χ1) is 19.2. The molecule has 39 heavy (non-hydrogen) atoms. The van der Waals surface area contributed by atoms with E-state index < -0.39 is 6.10 Å². The minimum atomic E-state index is -0.531. The van der Waals surface area contributed by atoms with Gasteiger partial charge in [0.15, 0.2) is 0 Å². The van der Waals surface area contributed by atoms with E-state index in [2.05, 4.69) is 38.2 Å². The Hall–Kier alpha value is -1.13. The molecule has 0 heterocycles. The first-order valence-electron chi connectivity index (χ1n) is 16.9. The molecule has 230 valence electrons. The lowest BCUT2D eigenvalue weighted by atomic mass is 10.1. The van der Waals surface area contributed by atoms with Crippen molar-refractivity contribution in [2.75, 3.05) is 19.8 Å². The molecule has 1 atom stereocenters. The Morgan fingerprint density at radius 2 is 1.08 bits per heavy atom. The van der Waals surface area contributed by atoms with E-state index in [0.29, 0.717) is 19.6 Å². The third-order valence-electron chi connectivity index (χ3n) is 7.28. The van der Waals surface area contributed by atoms with Crippen LogP contribution in [0.4, 0.5) is 0 Å². The summed E-state index contributed by atoms with van der Waals surface area (Å²) in [7, 11) is 0. The van der Waals surface area contributed by atoms with Crippen LogP contribution in [0.25, 0.3) is 0 Å². The van der Waals surface area contributed by atoms with Crippen LogP contribution in [0.15, 0.2) is 24.3 Å². The van der Waals surface area contributed by atoms with E-state index in [1.807, 2.05) is 0 Å². The maximum Gasteiger partial charge on any atom is 0.306 e. The van der Waals surface area contributed by atoms with Crippen LogP contribution in [0.5, 0.6) is 0 Å². The molecule has 0 saturated carbocycles. The Labute approximate surface area is 243 Å². The molecule has 0 radical (unpaired) electrons. The van der Waals surface area contributed by atoms with E-state index in [-0.39, 0.29) is 12.6 Å². The van der Waals surface area contributed by atoms with Crippen molar-refractivity contribution in [1.82, 2.24) is 0 Å². The van der Waals surface area contributed by atoms with Crippen molar-refractivity contribution < 1.29 is 19.4 Å². The molecule has 0 aromatic heterocycles. The van der Waals surface area contributed by atoms with E-state index in [1.165, 1.54) is 122 Å². The van der Waals surface area contributed by atoms with Gasteiger partial charge in [0.25, 0.3) is 0 Å². The molecule has 1 N–H and O–H groups in total. The number of allylic oxidation sites excluding steroid dienone is 4. The Kier molecular flexibility index (Phi) is 32.1. The van der Waals surface area contributed by atoms with Crippen molar-refractivity contribution >= 4 is 5.97 Å². The molecule has 0 aliphatic heterocycles. The number of rotatable bonds is 31. The minimum Gasteiger partial charge on any atom is -0.457 e. The zero-order chi connectivity index (χ0) is 28.5. The number of hydrogen-bond acceptors (Lipinski definition) is 4. The van der Waals surface area contributed by atoms with Gasteiger partial charge in [0.2, 0.25) is 0 Å². The molecule has 0 aromatic carbocycles. The number of carbonyl (C=O) groups excluding carboxylic acids is 1. The van der Waals surface area contributed by atoms with Gasteiger partial charge >= 0.3 is 5.97 Å². The second-order valence-electron chi connectivity index (χ2n) is 11.2. The Morgan fingerprint density at radius 3 is 1.62 bits per heavy atom. The smallest absolute Gasteiger partial charge is 0.306 e. The summed E-state index contributed by atoms with van der Waals surface area (Å²) in [6, 6.07) is 0. The number of aliphatic hydroxyl groups is 1. The van der Waals surface area contributed by atoms with Crippen LogP contribution in [-0.4, -0.2) is 37.0 Å². The van der Waals surface area contributed by atoms with E-state index >= 15 is 0 Å². The van der Waals surface area contributed by atoms with Crippen LogP contribution in [0.1, 0.15) is 168 Å². The highest BCUT2D eigenvalue weighted by atomic mass is 16.6. The van der Waals surface area contributed by atoms with Crippen LogP contribution in [-0.2, 0) is 14.3 Å². The number of esters is 1. The lowest BCUT2D eigenvalue weighted by molar-refractivity contribution is -0.154. The highest BCUT2D eigenvalue weighted by molar-refractivity contribution is 5.69. The third-order valence-corrected chi connectivity index (χ3v) is 7.28. The van der Waals surface area contributed by atoms with Gasteiger partial charge in [0.05, 0.1) is 13.2 Å². The number of aliphatic hydroxyl groups excluding tert-OH is 1. The Bertz CT molecular complexity index is 543. The summed E-state index contributed by atoms with van der Waals surface area (Å²) >= 11 is 0. The predicted molar refractivity (Wildman–Crippen MR) is 168 cm³/mol. The van der Waals surface area contributed by atoms with Crippen molar-refractivity contribution in [3.63, 3.8) is 0 Å². The number of carbonyl (C=O) groups is 1. The predicted octanol–water partition coefficient (Wildman–Crippen LogP) is 10.4. The average molecular weight is 551 g/mol. The quantitative estimate of drug-likeness (QED) is 0.0530. The summed E-state index contributed by atoms with van der Waals surface area (Å²) < 4.78 is 11.0. The molecule has 0 rings (SSSR count). The Balaban J connectivity index is 3.46. The third kappa shape index (κ3) is 31.3. The molecule has 0 saturated heterocycles. The molecule has 4 heteroatoms. The van der Waals surface area contributed by atoms with Crippen molar-refractivity contribution in [3.05, 3.63) is 24.3 Å². The first kappa shape index (κ1) is 37.9. The molecule has 0 bridgehead atoms. The maximum absolute atomic E-state index is 12.1. The van der Waals surface area contributed by atoms with Crippen LogP contribution < -0.4 is 0 Å². The number of unbranched alkanes of at least 4 members (excludes halogenated alkanes) is 19. The summed E-state index contributed by atoms with van der Waals surface area (Å²) in [5.74, 6) is -0.209. The van der Waals surface area contributed by atoms with Gasteiger partial charge in [-0.3, -0.25) is 4.79 Å².